The number of fused-ring (bicyclic) bond motifs is 1. The molecule has 1 saturated heterocycles. The number of carbonyl (C=O) groups is 1. The minimum Gasteiger partial charge on any atom is -0.492 e. The molecular weight excluding hydrogens is 294 g/mol. The lowest BCUT2D eigenvalue weighted by molar-refractivity contribution is 0.0763. The van der Waals surface area contributed by atoms with Crippen LogP contribution in [0.1, 0.15) is 22.3 Å². The number of aliphatic hydroxyl groups is 1. The number of anilines is 1. The fraction of sp³-hybridized carbons (Fsp3) is 0.500. The Morgan fingerprint density at radius 2 is 2.38 bits per heavy atom. The van der Waals surface area contributed by atoms with Gasteiger partial charge in [0.2, 0.25) is 0 Å². The lowest BCUT2D eigenvalue weighted by Gasteiger charge is -2.29. The standard InChI is InChI=1S/C14H18ClN3O3/c15-9-5-8(13-7(12(9)16)2-4-21-13)14(20)18-10-1-3-17-6-11(10)19/h5,10-11,17,19H,1-4,6,16H2,(H,18,20). The molecule has 0 aromatic heterocycles. The first-order valence-corrected chi connectivity index (χ1v) is 7.39. The van der Waals surface area contributed by atoms with Crippen molar-refractivity contribution in [1.82, 2.24) is 10.6 Å². The second kappa shape index (κ2) is 5.71. The molecule has 2 unspecified atom stereocenters. The summed E-state index contributed by atoms with van der Waals surface area (Å²) in [6, 6.07) is 1.26. The van der Waals surface area contributed by atoms with Crippen molar-refractivity contribution in [3.05, 3.63) is 22.2 Å². The largest absolute Gasteiger partial charge is 0.492 e. The first kappa shape index (κ1) is 14.4. The summed E-state index contributed by atoms with van der Waals surface area (Å²) in [4.78, 5) is 12.5. The van der Waals surface area contributed by atoms with Gasteiger partial charge in [-0.1, -0.05) is 11.6 Å². The Bertz CT molecular complexity index is 579. The van der Waals surface area contributed by atoms with Gasteiger partial charge in [0.15, 0.2) is 0 Å². The van der Waals surface area contributed by atoms with Crippen molar-refractivity contribution in [2.24, 2.45) is 0 Å². The number of benzene rings is 1. The number of nitrogens with one attached hydrogen (secondary N) is 2. The average Bonchev–Trinajstić information content (AvgIpc) is 2.95. The van der Waals surface area contributed by atoms with Crippen molar-refractivity contribution in [3.8, 4) is 5.75 Å². The van der Waals surface area contributed by atoms with Crippen molar-refractivity contribution in [2.75, 3.05) is 25.4 Å². The van der Waals surface area contributed by atoms with Gasteiger partial charge >= 0.3 is 0 Å². The predicted molar refractivity (Wildman–Crippen MR) is 79.8 cm³/mol. The molecule has 0 radical (unpaired) electrons. The maximum absolute atomic E-state index is 12.5. The topological polar surface area (TPSA) is 96.6 Å². The maximum atomic E-state index is 12.5. The number of halogens is 1. The molecule has 3 rings (SSSR count). The van der Waals surface area contributed by atoms with Crippen LogP contribution in [0, 0.1) is 0 Å². The van der Waals surface area contributed by atoms with E-state index in [1.165, 1.54) is 6.07 Å². The van der Waals surface area contributed by atoms with E-state index >= 15 is 0 Å². The molecule has 114 valence electrons. The summed E-state index contributed by atoms with van der Waals surface area (Å²) in [5.74, 6) is 0.221. The molecule has 2 aliphatic heterocycles. The van der Waals surface area contributed by atoms with Crippen LogP contribution < -0.4 is 21.1 Å². The second-order valence-electron chi connectivity index (χ2n) is 5.37. The molecule has 1 amide bonds. The molecule has 2 atom stereocenters. The van der Waals surface area contributed by atoms with Gasteiger partial charge in [-0.3, -0.25) is 4.79 Å². The number of ether oxygens (including phenoxy) is 1. The number of β-amino-alcohol motifs (C(OH)–C–C–N with tert-alkyl or cyclic N) is 1. The van der Waals surface area contributed by atoms with Crippen molar-refractivity contribution in [1.29, 1.82) is 0 Å². The molecule has 2 heterocycles. The molecule has 1 aromatic rings. The maximum Gasteiger partial charge on any atom is 0.255 e. The zero-order valence-electron chi connectivity index (χ0n) is 11.5. The van der Waals surface area contributed by atoms with Gasteiger partial charge in [-0.15, -0.1) is 0 Å². The SMILES string of the molecule is Nc1c(Cl)cc(C(=O)NC2CCNCC2O)c2c1CCO2. The van der Waals surface area contributed by atoms with E-state index < -0.39 is 6.10 Å². The van der Waals surface area contributed by atoms with Crippen LogP contribution in [0.2, 0.25) is 5.02 Å². The number of nitrogens with two attached hydrogens (primary N) is 1. The highest BCUT2D eigenvalue weighted by Gasteiger charge is 2.29. The Morgan fingerprint density at radius 1 is 1.57 bits per heavy atom. The van der Waals surface area contributed by atoms with E-state index in [1.54, 1.807) is 0 Å². The summed E-state index contributed by atoms with van der Waals surface area (Å²) >= 11 is 6.09. The zero-order valence-corrected chi connectivity index (χ0v) is 12.2. The van der Waals surface area contributed by atoms with Crippen LogP contribution in [-0.4, -0.2) is 42.9 Å². The van der Waals surface area contributed by atoms with Gasteiger partial charge in [-0.25, -0.2) is 0 Å². The number of amides is 1. The third kappa shape index (κ3) is 2.66. The quantitative estimate of drug-likeness (QED) is 0.590. The highest BCUT2D eigenvalue weighted by Crippen LogP contribution is 2.38. The molecule has 1 aromatic carbocycles. The van der Waals surface area contributed by atoms with Gasteiger partial charge in [0.25, 0.3) is 5.91 Å². The predicted octanol–water partition coefficient (Wildman–Crippen LogP) is 0.310. The lowest BCUT2D eigenvalue weighted by atomic mass is 10.0. The second-order valence-corrected chi connectivity index (χ2v) is 5.77. The Morgan fingerprint density at radius 3 is 3.14 bits per heavy atom. The van der Waals surface area contributed by atoms with Gasteiger partial charge in [-0.05, 0) is 19.0 Å². The number of nitrogen functional groups attached to an aromatic ring is 1. The Labute approximate surface area is 127 Å². The summed E-state index contributed by atoms with van der Waals surface area (Å²) in [6.45, 7) is 1.73. The smallest absolute Gasteiger partial charge is 0.255 e. The van der Waals surface area contributed by atoms with E-state index in [4.69, 9.17) is 22.1 Å². The lowest BCUT2D eigenvalue weighted by Crippen LogP contribution is -2.52. The summed E-state index contributed by atoms with van der Waals surface area (Å²) in [6.07, 6.45) is 0.734. The number of hydrogen-bond acceptors (Lipinski definition) is 5. The molecule has 0 bridgehead atoms. The normalized spacial score (nSPS) is 24.3. The van der Waals surface area contributed by atoms with Crippen LogP contribution >= 0.6 is 11.6 Å². The van der Waals surface area contributed by atoms with E-state index in [-0.39, 0.29) is 11.9 Å². The van der Waals surface area contributed by atoms with Crippen molar-refractivity contribution in [3.63, 3.8) is 0 Å². The molecule has 21 heavy (non-hydrogen) atoms. The zero-order chi connectivity index (χ0) is 15.0. The van der Waals surface area contributed by atoms with Crippen LogP contribution in [0.5, 0.6) is 5.75 Å². The van der Waals surface area contributed by atoms with Crippen molar-refractivity contribution >= 4 is 23.2 Å². The average molecular weight is 312 g/mol. The third-order valence-electron chi connectivity index (χ3n) is 3.98. The summed E-state index contributed by atoms with van der Waals surface area (Å²) < 4.78 is 5.53. The van der Waals surface area contributed by atoms with Gasteiger partial charge in [0, 0.05) is 18.5 Å². The van der Waals surface area contributed by atoms with Crippen molar-refractivity contribution < 1.29 is 14.6 Å². The van der Waals surface area contributed by atoms with E-state index in [0.29, 0.717) is 48.0 Å². The minimum atomic E-state index is -0.596. The molecule has 0 aliphatic carbocycles. The summed E-state index contributed by atoms with van der Waals surface area (Å²) in [5.41, 5.74) is 7.56. The summed E-state index contributed by atoms with van der Waals surface area (Å²) in [7, 11) is 0. The molecular formula is C14H18ClN3O3. The van der Waals surface area contributed by atoms with E-state index in [1.807, 2.05) is 0 Å². The highest BCUT2D eigenvalue weighted by molar-refractivity contribution is 6.33. The fourth-order valence-corrected chi connectivity index (χ4v) is 3.02. The summed E-state index contributed by atoms with van der Waals surface area (Å²) in [5, 5.41) is 16.2. The van der Waals surface area contributed by atoms with E-state index in [2.05, 4.69) is 10.6 Å². The number of hydrogen-bond donors (Lipinski definition) is 4. The van der Waals surface area contributed by atoms with Gasteiger partial charge in [-0.2, -0.15) is 0 Å². The van der Waals surface area contributed by atoms with Crippen LogP contribution in [0.15, 0.2) is 6.07 Å². The fourth-order valence-electron chi connectivity index (χ4n) is 2.79. The molecule has 0 spiro atoms. The van der Waals surface area contributed by atoms with E-state index in [9.17, 15) is 9.90 Å². The first-order valence-electron chi connectivity index (χ1n) is 7.01. The number of rotatable bonds is 2. The number of aliphatic hydroxyl groups excluding tert-OH is 1. The Balaban J connectivity index is 1.85. The molecule has 0 saturated carbocycles. The molecule has 6 nitrogen and oxygen atoms in total. The van der Waals surface area contributed by atoms with Gasteiger partial charge in [0.1, 0.15) is 5.75 Å². The van der Waals surface area contributed by atoms with Crippen molar-refractivity contribution in [2.45, 2.75) is 25.0 Å². The van der Waals surface area contributed by atoms with Gasteiger partial charge in [0.05, 0.1) is 35.0 Å². The Kier molecular flexibility index (Phi) is 3.93. The molecule has 5 N–H and O–H groups in total. The third-order valence-corrected chi connectivity index (χ3v) is 4.29. The van der Waals surface area contributed by atoms with Crippen LogP contribution in [0.4, 0.5) is 5.69 Å². The van der Waals surface area contributed by atoms with Gasteiger partial charge < -0.3 is 26.2 Å². The first-order chi connectivity index (χ1) is 10.1. The number of piperidine rings is 1. The monoisotopic (exact) mass is 311 g/mol. The Hall–Kier alpha value is -1.50. The van der Waals surface area contributed by atoms with Crippen LogP contribution in [0.25, 0.3) is 0 Å². The number of carbonyl (C=O) groups excluding carboxylic acids is 1. The highest BCUT2D eigenvalue weighted by atomic mass is 35.5. The minimum absolute atomic E-state index is 0.271. The molecule has 1 fully saturated rings. The van der Waals surface area contributed by atoms with Crippen LogP contribution in [-0.2, 0) is 6.42 Å². The molecule has 2 aliphatic rings. The van der Waals surface area contributed by atoms with E-state index in [0.717, 1.165) is 12.1 Å². The van der Waals surface area contributed by atoms with Crippen LogP contribution in [0.3, 0.4) is 0 Å². The molecule has 7 heteroatoms.